The molecule has 4 aromatic rings. The SMILES string of the molecule is COc1ccc(C=Cc2nc(C(Cl)(Cl)Cl)nc(C(Cl)(Cl)Cl)n2)c(OC)c1.COc1ccccc1C=Cc1nc(C(Cl)(Cl)Cl)nc(C(Cl)(Cl)Cl)n1. The first-order valence-corrected chi connectivity index (χ1v) is 17.7. The second kappa shape index (κ2) is 18.2. The number of para-hydroxylation sites is 1. The van der Waals surface area contributed by atoms with Gasteiger partial charge in [0, 0.05) is 17.2 Å². The lowest BCUT2D eigenvalue weighted by Gasteiger charge is -2.14. The van der Waals surface area contributed by atoms with E-state index in [4.69, 9.17) is 153 Å². The molecule has 0 amide bonds. The van der Waals surface area contributed by atoms with Crippen LogP contribution >= 0.6 is 139 Å². The highest BCUT2D eigenvalue weighted by Crippen LogP contribution is 2.41. The Morgan fingerprint density at radius 2 is 0.820 bits per heavy atom. The Bertz CT molecular complexity index is 1770. The van der Waals surface area contributed by atoms with Crippen molar-refractivity contribution >= 4 is 164 Å². The van der Waals surface area contributed by atoms with Crippen LogP contribution in [0.2, 0.25) is 0 Å². The zero-order chi connectivity index (χ0) is 37.5. The molecule has 50 heavy (non-hydrogen) atoms. The van der Waals surface area contributed by atoms with Gasteiger partial charge in [0.05, 0.1) is 21.3 Å². The Hall–Kier alpha value is -1.18. The molecule has 2 heterocycles. The van der Waals surface area contributed by atoms with Gasteiger partial charge in [-0.2, -0.15) is 0 Å². The summed E-state index contributed by atoms with van der Waals surface area (Å²) in [5.74, 6) is 1.58. The fourth-order valence-corrected chi connectivity index (χ4v) is 4.54. The summed E-state index contributed by atoms with van der Waals surface area (Å²) >= 11 is 70.0. The summed E-state index contributed by atoms with van der Waals surface area (Å²) in [7, 11) is 4.67. The van der Waals surface area contributed by atoms with Crippen LogP contribution in [0, 0.1) is 0 Å². The molecule has 2 aromatic heterocycles. The number of hydrogen-bond acceptors (Lipinski definition) is 9. The average Bonchev–Trinajstić information content (AvgIpc) is 3.04. The van der Waals surface area contributed by atoms with Gasteiger partial charge in [0.15, 0.2) is 34.9 Å². The lowest BCUT2D eigenvalue weighted by atomic mass is 10.1. The molecule has 0 atom stereocenters. The molecule has 0 spiro atoms. The molecule has 4 rings (SSSR count). The van der Waals surface area contributed by atoms with Gasteiger partial charge in [-0.1, -0.05) is 157 Å². The van der Waals surface area contributed by atoms with Crippen LogP contribution < -0.4 is 14.2 Å². The van der Waals surface area contributed by atoms with E-state index >= 15 is 0 Å². The minimum Gasteiger partial charge on any atom is -0.497 e. The minimum atomic E-state index is -1.91. The van der Waals surface area contributed by atoms with Crippen molar-refractivity contribution < 1.29 is 14.2 Å². The van der Waals surface area contributed by atoms with Crippen molar-refractivity contribution in [1.29, 1.82) is 0 Å². The molecule has 0 aliphatic carbocycles. The van der Waals surface area contributed by atoms with Gasteiger partial charge in [-0.15, -0.1) is 0 Å². The number of hydrogen-bond donors (Lipinski definition) is 0. The standard InChI is InChI=1S/C15H11Cl6N3O2.C14H9Cl6N3O/c1-25-9-5-3-8(10(7-9)26-2)4-6-11-22-12(14(16,17)18)24-13(23-11)15(19,20)21;1-24-9-5-3-2-4-8(9)6-7-10-21-11(13(15,16)17)23-12(22-10)14(18,19)20/h3-7H,1-2H3;2-7H,1H3. The van der Waals surface area contributed by atoms with Crippen LogP contribution in [0.5, 0.6) is 17.2 Å². The van der Waals surface area contributed by atoms with Gasteiger partial charge in [0.1, 0.15) is 17.2 Å². The first-order chi connectivity index (χ1) is 23.1. The lowest BCUT2D eigenvalue weighted by molar-refractivity contribution is 0.394. The third-order valence-corrected chi connectivity index (χ3v) is 7.75. The number of methoxy groups -OCH3 is 3. The summed E-state index contributed by atoms with van der Waals surface area (Å²) in [6.45, 7) is 0. The first-order valence-electron chi connectivity index (χ1n) is 13.2. The Balaban J connectivity index is 0.000000271. The molecular weight excluding hydrogens is 906 g/mol. The third kappa shape index (κ3) is 13.0. The van der Waals surface area contributed by atoms with Gasteiger partial charge >= 0.3 is 0 Å². The number of alkyl halides is 12. The Morgan fingerprint density at radius 1 is 0.440 bits per heavy atom. The van der Waals surface area contributed by atoms with Crippen molar-refractivity contribution in [2.24, 2.45) is 0 Å². The molecule has 0 bridgehead atoms. The molecular formula is C29H20Cl12N6O3. The van der Waals surface area contributed by atoms with Crippen molar-refractivity contribution in [3.8, 4) is 17.2 Å². The van der Waals surface area contributed by atoms with E-state index in [0.29, 0.717) is 17.2 Å². The van der Waals surface area contributed by atoms with Crippen LogP contribution in [0.4, 0.5) is 0 Å². The fourth-order valence-electron chi connectivity index (χ4n) is 3.53. The molecule has 0 saturated heterocycles. The van der Waals surface area contributed by atoms with Crippen LogP contribution in [0.1, 0.15) is 46.1 Å². The molecule has 0 fully saturated rings. The topological polar surface area (TPSA) is 105 Å². The smallest absolute Gasteiger partial charge is 0.250 e. The third-order valence-electron chi connectivity index (χ3n) is 5.72. The molecule has 9 nitrogen and oxygen atoms in total. The maximum atomic E-state index is 5.84. The predicted molar refractivity (Wildman–Crippen MR) is 207 cm³/mol. The van der Waals surface area contributed by atoms with Gasteiger partial charge in [-0.25, -0.2) is 29.9 Å². The Morgan fingerprint density at radius 3 is 1.18 bits per heavy atom. The molecule has 2 aromatic carbocycles. The molecule has 0 saturated carbocycles. The molecule has 0 radical (unpaired) electrons. The summed E-state index contributed by atoms with van der Waals surface area (Å²) in [6.07, 6.45) is 6.53. The van der Waals surface area contributed by atoms with Crippen LogP contribution in [-0.4, -0.2) is 51.2 Å². The van der Waals surface area contributed by atoms with Crippen molar-refractivity contribution in [3.63, 3.8) is 0 Å². The van der Waals surface area contributed by atoms with E-state index in [-0.39, 0.29) is 34.9 Å². The van der Waals surface area contributed by atoms with Gasteiger partial charge in [-0.05, 0) is 42.5 Å². The van der Waals surface area contributed by atoms with Gasteiger partial charge in [0.2, 0.25) is 15.2 Å². The molecule has 21 heteroatoms. The number of halogens is 12. The maximum Gasteiger partial charge on any atom is 0.250 e. The molecule has 0 aliphatic rings. The van der Waals surface area contributed by atoms with Gasteiger partial charge < -0.3 is 14.2 Å². The van der Waals surface area contributed by atoms with E-state index in [9.17, 15) is 0 Å². The summed E-state index contributed by atoms with van der Waals surface area (Å²) < 4.78 is 8.14. The monoisotopic (exact) mass is 920 g/mol. The van der Waals surface area contributed by atoms with Crippen molar-refractivity contribution in [2.75, 3.05) is 21.3 Å². The lowest BCUT2D eigenvalue weighted by Crippen LogP contribution is -2.16. The van der Waals surface area contributed by atoms with Crippen LogP contribution in [0.15, 0.2) is 42.5 Å². The minimum absolute atomic E-state index is 0.139. The summed E-state index contributed by atoms with van der Waals surface area (Å²) in [4.78, 5) is 24.1. The van der Waals surface area contributed by atoms with Crippen molar-refractivity contribution in [3.05, 3.63) is 88.5 Å². The van der Waals surface area contributed by atoms with Crippen molar-refractivity contribution in [1.82, 2.24) is 29.9 Å². The van der Waals surface area contributed by atoms with Crippen LogP contribution in [0.25, 0.3) is 24.3 Å². The predicted octanol–water partition coefficient (Wildman–Crippen LogP) is 11.4. The highest BCUT2D eigenvalue weighted by molar-refractivity contribution is 6.68. The molecule has 0 unspecified atom stereocenters. The number of ether oxygens (including phenoxy) is 3. The number of benzene rings is 2. The number of aromatic nitrogens is 6. The van der Waals surface area contributed by atoms with E-state index in [2.05, 4.69) is 29.9 Å². The quantitative estimate of drug-likeness (QED) is 0.168. The maximum absolute atomic E-state index is 5.84. The number of rotatable bonds is 7. The van der Waals surface area contributed by atoms with Crippen LogP contribution in [0.3, 0.4) is 0 Å². The van der Waals surface area contributed by atoms with Crippen molar-refractivity contribution in [2.45, 2.75) is 15.2 Å². The normalized spacial score (nSPS) is 12.5. The highest BCUT2D eigenvalue weighted by atomic mass is 35.6. The van der Waals surface area contributed by atoms with E-state index in [1.165, 1.54) is 7.11 Å². The second-order valence-electron chi connectivity index (χ2n) is 9.19. The summed E-state index contributed by atoms with van der Waals surface area (Å²) in [5.41, 5.74) is 1.53. The molecule has 0 aliphatic heterocycles. The van der Waals surface area contributed by atoms with E-state index in [1.54, 1.807) is 56.7 Å². The number of nitrogens with zero attached hydrogens (tertiary/aromatic N) is 6. The van der Waals surface area contributed by atoms with E-state index < -0.39 is 15.2 Å². The average molecular weight is 926 g/mol. The first kappa shape index (κ1) is 43.2. The fraction of sp³-hybridized carbons (Fsp3) is 0.241. The highest BCUT2D eigenvalue weighted by Gasteiger charge is 2.34. The summed E-state index contributed by atoms with van der Waals surface area (Å²) in [5, 5.41) is 0. The molecule has 268 valence electrons. The van der Waals surface area contributed by atoms with Gasteiger partial charge in [0.25, 0.3) is 0 Å². The van der Waals surface area contributed by atoms with E-state index in [0.717, 1.165) is 11.1 Å². The second-order valence-corrected chi connectivity index (χ2v) is 18.3. The van der Waals surface area contributed by atoms with Gasteiger partial charge in [-0.3, -0.25) is 0 Å². The molecule has 0 N–H and O–H groups in total. The largest absolute Gasteiger partial charge is 0.497 e. The zero-order valence-electron chi connectivity index (χ0n) is 25.3. The Kier molecular flexibility index (Phi) is 15.8. The van der Waals surface area contributed by atoms with Crippen LogP contribution in [-0.2, 0) is 15.2 Å². The summed E-state index contributed by atoms with van der Waals surface area (Å²) in [6, 6.07) is 12.7. The van der Waals surface area contributed by atoms with E-state index in [1.807, 2.05) is 24.3 Å². The Labute approximate surface area is 347 Å². The zero-order valence-corrected chi connectivity index (χ0v) is 34.4.